The molecule has 0 aliphatic heterocycles. The van der Waals surface area contributed by atoms with Crippen LogP contribution in [0.5, 0.6) is 0 Å². The first-order valence-electron chi connectivity index (χ1n) is 5.46. The average molecular weight is 224 g/mol. The van der Waals surface area contributed by atoms with Crippen LogP contribution < -0.4 is 0 Å². The van der Waals surface area contributed by atoms with E-state index >= 15 is 0 Å². The van der Waals surface area contributed by atoms with Gasteiger partial charge in [-0.25, -0.2) is 19.6 Å². The summed E-state index contributed by atoms with van der Waals surface area (Å²) in [6, 6.07) is 0. The third kappa shape index (κ3) is 5.59. The molecule has 0 aromatic carbocycles. The van der Waals surface area contributed by atoms with E-state index in [0.29, 0.717) is 13.1 Å². The molecule has 0 bridgehead atoms. The zero-order valence-electron chi connectivity index (χ0n) is 10.5. The van der Waals surface area contributed by atoms with E-state index in [1.54, 1.807) is 0 Å². The molecule has 0 rings (SSSR count). The summed E-state index contributed by atoms with van der Waals surface area (Å²) in [5.41, 5.74) is -0.125. The fourth-order valence-corrected chi connectivity index (χ4v) is 1.89. The Hall–Kier alpha value is -1.24. The molecule has 4 heteroatoms. The number of nitrogens with zero attached hydrogens (tertiary/aromatic N) is 2. The highest BCUT2D eigenvalue weighted by atomic mass is 16.1. The van der Waals surface area contributed by atoms with Gasteiger partial charge in [-0.1, -0.05) is 34.1 Å². The summed E-state index contributed by atoms with van der Waals surface area (Å²) >= 11 is 0. The molecule has 0 saturated carbocycles. The van der Waals surface area contributed by atoms with Crippen LogP contribution in [0.4, 0.5) is 0 Å². The second-order valence-electron chi connectivity index (χ2n) is 5.32. The minimum atomic E-state index is -0.270. The van der Waals surface area contributed by atoms with Crippen LogP contribution in [-0.2, 0) is 9.59 Å². The van der Waals surface area contributed by atoms with Crippen molar-refractivity contribution in [1.29, 1.82) is 0 Å². The fraction of sp³-hybridized carbons (Fsp3) is 0.833. The number of aliphatic imine (C=N–C) groups is 2. The highest BCUT2D eigenvalue weighted by molar-refractivity contribution is 5.34. The molecule has 0 unspecified atom stereocenters. The zero-order valence-corrected chi connectivity index (χ0v) is 10.5. The maximum Gasteiger partial charge on any atom is 0.234 e. The number of isocyanates is 2. The summed E-state index contributed by atoms with van der Waals surface area (Å²) in [5.74, 6) is 0. The summed E-state index contributed by atoms with van der Waals surface area (Å²) < 4.78 is 0. The van der Waals surface area contributed by atoms with E-state index in [1.165, 1.54) is 12.2 Å². The molecule has 4 nitrogen and oxygen atoms in total. The number of carbonyl (C=O) groups excluding carboxylic acids is 2. The SMILES string of the molecule is CCC(C)(C)CC(C)(CN=C=O)CN=C=O. The van der Waals surface area contributed by atoms with Gasteiger partial charge in [0.1, 0.15) is 0 Å². The largest absolute Gasteiger partial charge is 0.234 e. The van der Waals surface area contributed by atoms with E-state index in [1.807, 2.05) is 6.92 Å². The molecular weight excluding hydrogens is 204 g/mol. The van der Waals surface area contributed by atoms with Gasteiger partial charge < -0.3 is 0 Å². The summed E-state index contributed by atoms with van der Waals surface area (Å²) in [7, 11) is 0. The molecule has 0 spiro atoms. The Morgan fingerprint density at radius 1 is 1.00 bits per heavy atom. The Labute approximate surface area is 96.9 Å². The molecule has 0 radical (unpaired) electrons. The molecule has 0 saturated heterocycles. The molecule has 0 amide bonds. The Kier molecular flexibility index (Phi) is 5.87. The van der Waals surface area contributed by atoms with Crippen molar-refractivity contribution in [1.82, 2.24) is 0 Å². The lowest BCUT2D eigenvalue weighted by atomic mass is 9.72. The van der Waals surface area contributed by atoms with Crippen molar-refractivity contribution < 1.29 is 9.59 Å². The van der Waals surface area contributed by atoms with Crippen molar-refractivity contribution in [2.24, 2.45) is 20.8 Å². The standard InChI is InChI=1S/C12H20N2O2/c1-5-11(2,3)6-12(4,7-13-9-15)8-14-10-16/h5-8H2,1-4H3. The normalized spacial score (nSPS) is 14.5. The second-order valence-corrected chi connectivity index (χ2v) is 5.32. The van der Waals surface area contributed by atoms with E-state index in [4.69, 9.17) is 0 Å². The molecule has 0 atom stereocenters. The molecule has 0 heterocycles. The van der Waals surface area contributed by atoms with E-state index < -0.39 is 0 Å². The van der Waals surface area contributed by atoms with Gasteiger partial charge in [-0.3, -0.25) is 0 Å². The lowest BCUT2D eigenvalue weighted by molar-refractivity contribution is 0.184. The van der Waals surface area contributed by atoms with Crippen molar-refractivity contribution in [2.75, 3.05) is 13.1 Å². The number of rotatable bonds is 7. The summed E-state index contributed by atoms with van der Waals surface area (Å²) in [4.78, 5) is 27.6. The molecule has 0 N–H and O–H groups in total. The van der Waals surface area contributed by atoms with E-state index in [0.717, 1.165) is 12.8 Å². The predicted octanol–water partition coefficient (Wildman–Crippen LogP) is 2.49. The Bertz CT molecular complexity index is 291. The second kappa shape index (κ2) is 6.37. The minimum Gasteiger partial charge on any atom is -0.211 e. The van der Waals surface area contributed by atoms with E-state index in [-0.39, 0.29) is 10.8 Å². The van der Waals surface area contributed by atoms with Gasteiger partial charge in [-0.15, -0.1) is 0 Å². The van der Waals surface area contributed by atoms with Gasteiger partial charge in [0.05, 0.1) is 13.1 Å². The molecule has 16 heavy (non-hydrogen) atoms. The van der Waals surface area contributed by atoms with Crippen LogP contribution in [0.15, 0.2) is 9.98 Å². The first-order chi connectivity index (χ1) is 7.39. The topological polar surface area (TPSA) is 58.9 Å². The van der Waals surface area contributed by atoms with Crippen molar-refractivity contribution in [3.05, 3.63) is 0 Å². The van der Waals surface area contributed by atoms with Crippen molar-refractivity contribution >= 4 is 12.2 Å². The maximum absolute atomic E-state index is 10.2. The van der Waals surface area contributed by atoms with Crippen LogP contribution >= 0.6 is 0 Å². The maximum atomic E-state index is 10.2. The van der Waals surface area contributed by atoms with E-state index in [2.05, 4.69) is 30.8 Å². The van der Waals surface area contributed by atoms with Crippen molar-refractivity contribution in [2.45, 2.75) is 40.5 Å². The monoisotopic (exact) mass is 224 g/mol. The van der Waals surface area contributed by atoms with E-state index in [9.17, 15) is 9.59 Å². The van der Waals surface area contributed by atoms with Gasteiger partial charge in [-0.05, 0) is 11.8 Å². The van der Waals surface area contributed by atoms with Crippen LogP contribution in [0.1, 0.15) is 40.5 Å². The molecular formula is C12H20N2O2. The highest BCUT2D eigenvalue weighted by Crippen LogP contribution is 2.36. The molecule has 0 aliphatic rings. The highest BCUT2D eigenvalue weighted by Gasteiger charge is 2.31. The minimum absolute atomic E-state index is 0.144. The predicted molar refractivity (Wildman–Crippen MR) is 62.8 cm³/mol. The van der Waals surface area contributed by atoms with Crippen molar-refractivity contribution in [3.8, 4) is 0 Å². The Balaban J connectivity index is 4.76. The number of hydrogen-bond donors (Lipinski definition) is 0. The van der Waals surface area contributed by atoms with Gasteiger partial charge in [0.2, 0.25) is 12.2 Å². The van der Waals surface area contributed by atoms with Gasteiger partial charge in [0.25, 0.3) is 0 Å². The fourth-order valence-electron chi connectivity index (χ4n) is 1.89. The smallest absolute Gasteiger partial charge is 0.211 e. The molecule has 0 fully saturated rings. The first kappa shape index (κ1) is 14.8. The van der Waals surface area contributed by atoms with Crippen LogP contribution in [0.3, 0.4) is 0 Å². The Morgan fingerprint density at radius 3 is 1.75 bits per heavy atom. The van der Waals surface area contributed by atoms with Gasteiger partial charge >= 0.3 is 0 Å². The molecule has 90 valence electrons. The van der Waals surface area contributed by atoms with Crippen LogP contribution in [0, 0.1) is 10.8 Å². The lowest BCUT2D eigenvalue weighted by Gasteiger charge is -2.34. The van der Waals surface area contributed by atoms with Crippen LogP contribution in [0.2, 0.25) is 0 Å². The summed E-state index contributed by atoms with van der Waals surface area (Å²) in [6.45, 7) is 9.11. The zero-order chi connectivity index (χ0) is 12.7. The number of hydrogen-bond acceptors (Lipinski definition) is 4. The van der Waals surface area contributed by atoms with Gasteiger partial charge in [0, 0.05) is 5.41 Å². The van der Waals surface area contributed by atoms with Crippen molar-refractivity contribution in [3.63, 3.8) is 0 Å². The molecule has 0 aliphatic carbocycles. The first-order valence-corrected chi connectivity index (χ1v) is 5.46. The third-order valence-electron chi connectivity index (χ3n) is 2.91. The summed E-state index contributed by atoms with van der Waals surface area (Å²) in [6.07, 6.45) is 4.96. The Morgan fingerprint density at radius 2 is 1.44 bits per heavy atom. The van der Waals surface area contributed by atoms with Crippen LogP contribution in [0.25, 0.3) is 0 Å². The molecule has 0 aromatic rings. The van der Waals surface area contributed by atoms with Gasteiger partial charge in [-0.2, -0.15) is 0 Å². The molecule has 0 aromatic heterocycles. The average Bonchev–Trinajstić information content (AvgIpc) is 2.23. The quantitative estimate of drug-likeness (QED) is 0.492. The van der Waals surface area contributed by atoms with Crippen LogP contribution in [-0.4, -0.2) is 25.2 Å². The third-order valence-corrected chi connectivity index (χ3v) is 2.91. The lowest BCUT2D eigenvalue weighted by Crippen LogP contribution is -2.31. The van der Waals surface area contributed by atoms with Gasteiger partial charge in [0.15, 0.2) is 0 Å². The summed E-state index contributed by atoms with van der Waals surface area (Å²) in [5, 5.41) is 0.